The second-order valence-electron chi connectivity index (χ2n) is 7.19. The van der Waals surface area contributed by atoms with Gasteiger partial charge in [-0.05, 0) is 36.6 Å². The summed E-state index contributed by atoms with van der Waals surface area (Å²) in [6.45, 7) is 0.972. The molecule has 0 aromatic heterocycles. The molecule has 0 bridgehead atoms. The third-order valence-electron chi connectivity index (χ3n) is 5.38. The molecule has 0 radical (unpaired) electrons. The molecular formula is C22H22N2O6. The number of nitro benzene ring substituents is 1. The van der Waals surface area contributed by atoms with Crippen molar-refractivity contribution in [3.63, 3.8) is 0 Å². The number of fused-ring (bicyclic) bond motifs is 1. The maximum atomic E-state index is 12.9. The normalized spacial score (nSPS) is 18.2. The second-order valence-corrected chi connectivity index (χ2v) is 7.19. The monoisotopic (exact) mass is 410 g/mol. The van der Waals surface area contributed by atoms with Gasteiger partial charge in [0.15, 0.2) is 6.79 Å². The van der Waals surface area contributed by atoms with Crippen molar-refractivity contribution >= 4 is 17.7 Å². The SMILES string of the molecule is COc1ccc(C2CCCN2C(=O)C=Cc2cc([N+](=O)[O-])cc3c2OCOC3)cc1. The number of likely N-dealkylation sites (tertiary alicyclic amines) is 1. The smallest absolute Gasteiger partial charge is 0.270 e. The summed E-state index contributed by atoms with van der Waals surface area (Å²) in [5.41, 5.74) is 2.09. The lowest BCUT2D eigenvalue weighted by Crippen LogP contribution is -2.28. The molecule has 2 heterocycles. The zero-order valence-corrected chi connectivity index (χ0v) is 16.6. The molecule has 0 N–H and O–H groups in total. The van der Waals surface area contributed by atoms with Crippen LogP contribution in [0.3, 0.4) is 0 Å². The molecule has 1 fully saturated rings. The molecule has 1 atom stereocenters. The maximum absolute atomic E-state index is 12.9. The number of hydrogen-bond acceptors (Lipinski definition) is 6. The number of benzene rings is 2. The van der Waals surface area contributed by atoms with Crippen LogP contribution in [0.25, 0.3) is 6.08 Å². The van der Waals surface area contributed by atoms with E-state index in [1.807, 2.05) is 29.2 Å². The second kappa shape index (κ2) is 8.54. The van der Waals surface area contributed by atoms with Gasteiger partial charge in [0.05, 0.1) is 24.7 Å². The third kappa shape index (κ3) is 3.99. The van der Waals surface area contributed by atoms with Crippen molar-refractivity contribution in [2.24, 2.45) is 0 Å². The third-order valence-corrected chi connectivity index (χ3v) is 5.38. The van der Waals surface area contributed by atoms with E-state index in [2.05, 4.69) is 0 Å². The van der Waals surface area contributed by atoms with E-state index in [9.17, 15) is 14.9 Å². The fourth-order valence-electron chi connectivity index (χ4n) is 3.92. The predicted octanol–water partition coefficient (Wildman–Crippen LogP) is 3.85. The molecule has 4 rings (SSSR count). The van der Waals surface area contributed by atoms with Gasteiger partial charge in [0.1, 0.15) is 11.5 Å². The Morgan fingerprint density at radius 3 is 2.83 bits per heavy atom. The Morgan fingerprint density at radius 2 is 2.10 bits per heavy atom. The summed E-state index contributed by atoms with van der Waals surface area (Å²) in [6.07, 6.45) is 4.85. The van der Waals surface area contributed by atoms with Gasteiger partial charge in [-0.3, -0.25) is 14.9 Å². The molecule has 0 aliphatic carbocycles. The molecule has 8 heteroatoms. The number of rotatable bonds is 5. The van der Waals surface area contributed by atoms with E-state index in [0.29, 0.717) is 23.4 Å². The molecule has 2 aliphatic heterocycles. The number of nitrogens with zero attached hydrogens (tertiary/aromatic N) is 2. The van der Waals surface area contributed by atoms with Crippen molar-refractivity contribution < 1.29 is 23.9 Å². The van der Waals surface area contributed by atoms with Crippen LogP contribution in [0.15, 0.2) is 42.5 Å². The van der Waals surface area contributed by atoms with Crippen LogP contribution in [0.2, 0.25) is 0 Å². The zero-order chi connectivity index (χ0) is 21.1. The van der Waals surface area contributed by atoms with Crippen LogP contribution in [0.1, 0.15) is 35.6 Å². The number of methoxy groups -OCH3 is 1. The van der Waals surface area contributed by atoms with Gasteiger partial charge in [-0.2, -0.15) is 0 Å². The quantitative estimate of drug-likeness (QED) is 0.422. The van der Waals surface area contributed by atoms with Gasteiger partial charge >= 0.3 is 0 Å². The van der Waals surface area contributed by atoms with Crippen LogP contribution in [0.5, 0.6) is 11.5 Å². The van der Waals surface area contributed by atoms with Gasteiger partial charge in [-0.25, -0.2) is 0 Å². The van der Waals surface area contributed by atoms with Crippen molar-refractivity contribution in [3.8, 4) is 11.5 Å². The van der Waals surface area contributed by atoms with Gasteiger partial charge in [0, 0.05) is 35.9 Å². The molecule has 2 aliphatic rings. The molecule has 1 unspecified atom stereocenters. The highest BCUT2D eigenvalue weighted by molar-refractivity contribution is 5.93. The topological polar surface area (TPSA) is 91.1 Å². The summed E-state index contributed by atoms with van der Waals surface area (Å²) in [7, 11) is 1.62. The Balaban J connectivity index is 1.57. The lowest BCUT2D eigenvalue weighted by molar-refractivity contribution is -0.385. The average molecular weight is 410 g/mol. The highest BCUT2D eigenvalue weighted by atomic mass is 16.7. The van der Waals surface area contributed by atoms with E-state index in [1.54, 1.807) is 13.2 Å². The lowest BCUT2D eigenvalue weighted by Gasteiger charge is -2.24. The van der Waals surface area contributed by atoms with Gasteiger partial charge in [-0.1, -0.05) is 12.1 Å². The first-order valence-electron chi connectivity index (χ1n) is 9.71. The predicted molar refractivity (Wildman–Crippen MR) is 109 cm³/mol. The summed E-state index contributed by atoms with van der Waals surface area (Å²) in [4.78, 5) is 25.5. The molecule has 2 aromatic carbocycles. The minimum Gasteiger partial charge on any atom is -0.497 e. The number of carbonyl (C=O) groups excluding carboxylic acids is 1. The fourth-order valence-corrected chi connectivity index (χ4v) is 3.92. The van der Waals surface area contributed by atoms with Crippen LogP contribution in [-0.4, -0.2) is 36.2 Å². The molecule has 1 amide bonds. The van der Waals surface area contributed by atoms with Gasteiger partial charge in [0.25, 0.3) is 5.69 Å². The van der Waals surface area contributed by atoms with E-state index in [0.717, 1.165) is 24.2 Å². The molecule has 30 heavy (non-hydrogen) atoms. The Morgan fingerprint density at radius 1 is 1.30 bits per heavy atom. The van der Waals surface area contributed by atoms with E-state index in [-0.39, 0.29) is 31.0 Å². The summed E-state index contributed by atoms with van der Waals surface area (Å²) < 4.78 is 16.0. The Labute approximate surface area is 173 Å². The molecule has 0 spiro atoms. The molecule has 2 aromatic rings. The molecule has 156 valence electrons. The van der Waals surface area contributed by atoms with Crippen LogP contribution in [0, 0.1) is 10.1 Å². The first-order valence-corrected chi connectivity index (χ1v) is 9.71. The van der Waals surface area contributed by atoms with Crippen molar-refractivity contribution in [2.45, 2.75) is 25.5 Å². The first-order chi connectivity index (χ1) is 14.6. The lowest BCUT2D eigenvalue weighted by atomic mass is 10.0. The van der Waals surface area contributed by atoms with Crippen LogP contribution in [0.4, 0.5) is 5.69 Å². The van der Waals surface area contributed by atoms with E-state index in [4.69, 9.17) is 14.2 Å². The highest BCUT2D eigenvalue weighted by Crippen LogP contribution is 2.35. The number of hydrogen-bond donors (Lipinski definition) is 0. The maximum Gasteiger partial charge on any atom is 0.270 e. The summed E-state index contributed by atoms with van der Waals surface area (Å²) in [6, 6.07) is 10.6. The van der Waals surface area contributed by atoms with Gasteiger partial charge in [0.2, 0.25) is 5.91 Å². The Hall–Kier alpha value is -3.39. The molecular weight excluding hydrogens is 388 g/mol. The largest absolute Gasteiger partial charge is 0.497 e. The van der Waals surface area contributed by atoms with Crippen molar-refractivity contribution in [3.05, 3.63) is 69.3 Å². The average Bonchev–Trinajstić information content (AvgIpc) is 3.27. The van der Waals surface area contributed by atoms with Crippen LogP contribution < -0.4 is 9.47 Å². The van der Waals surface area contributed by atoms with E-state index >= 15 is 0 Å². The van der Waals surface area contributed by atoms with Crippen LogP contribution >= 0.6 is 0 Å². The number of carbonyl (C=O) groups is 1. The van der Waals surface area contributed by atoms with E-state index in [1.165, 1.54) is 18.2 Å². The molecule has 8 nitrogen and oxygen atoms in total. The minimum absolute atomic E-state index is 0.00303. The number of amides is 1. The highest BCUT2D eigenvalue weighted by Gasteiger charge is 2.29. The minimum atomic E-state index is -0.464. The Kier molecular flexibility index (Phi) is 5.67. The summed E-state index contributed by atoms with van der Waals surface area (Å²) in [5.74, 6) is 1.15. The number of non-ortho nitro benzene ring substituents is 1. The fraction of sp³-hybridized carbons (Fsp3) is 0.318. The van der Waals surface area contributed by atoms with Crippen molar-refractivity contribution in [1.82, 2.24) is 4.90 Å². The first kappa shape index (κ1) is 19.9. The van der Waals surface area contributed by atoms with E-state index < -0.39 is 4.92 Å². The zero-order valence-electron chi connectivity index (χ0n) is 16.6. The number of ether oxygens (including phenoxy) is 3. The standard InChI is InChI=1S/C22H22N2O6/c1-28-19-7-4-15(5-8-19)20-3-2-10-23(20)21(25)9-6-16-11-18(24(26)27)12-17-13-29-14-30-22(16)17/h4-9,11-12,20H,2-3,10,13-14H2,1H3. The number of nitro groups is 1. The van der Waals surface area contributed by atoms with Crippen LogP contribution in [-0.2, 0) is 16.1 Å². The van der Waals surface area contributed by atoms with Crippen molar-refractivity contribution in [2.75, 3.05) is 20.4 Å². The molecule has 1 saturated heterocycles. The summed E-state index contributed by atoms with van der Waals surface area (Å²) >= 11 is 0. The summed E-state index contributed by atoms with van der Waals surface area (Å²) in [5, 5.41) is 11.2. The van der Waals surface area contributed by atoms with Crippen molar-refractivity contribution in [1.29, 1.82) is 0 Å². The Bertz CT molecular complexity index is 986. The van der Waals surface area contributed by atoms with Gasteiger partial charge < -0.3 is 19.1 Å². The van der Waals surface area contributed by atoms with Gasteiger partial charge in [-0.15, -0.1) is 0 Å². The molecule has 0 saturated carbocycles.